The zero-order valence-electron chi connectivity index (χ0n) is 7.60. The van der Waals surface area contributed by atoms with Crippen molar-refractivity contribution < 1.29 is 19.8 Å². The van der Waals surface area contributed by atoms with Crippen LogP contribution in [0.1, 0.15) is 6.92 Å². The molecule has 0 bridgehead atoms. The molecule has 76 valence electrons. The third-order valence-electron chi connectivity index (χ3n) is 2.41. The maximum atomic E-state index is 10.9. The number of aliphatic carboxylic acids is 2. The van der Waals surface area contributed by atoms with Crippen molar-refractivity contribution in [2.45, 2.75) is 13.0 Å². The second-order valence-corrected chi connectivity index (χ2v) is 3.35. The fourth-order valence-electron chi connectivity index (χ4n) is 1.29. The molecule has 0 saturated heterocycles. The Bertz CT molecular complexity index is 345. The molecule has 0 amide bonds. The Hall–Kier alpha value is -1.62. The molecule has 14 heavy (non-hydrogen) atoms. The average molecular weight is 197 g/mol. The van der Waals surface area contributed by atoms with Crippen molar-refractivity contribution in [1.29, 1.82) is 0 Å². The SMILES string of the molecule is CC1(C(=O)O)C=CC=C(C(=O)O)[C@H]1N. The maximum absolute atomic E-state index is 10.9. The number of allylic oxidation sites excluding steroid dienone is 2. The van der Waals surface area contributed by atoms with Crippen LogP contribution in [0.15, 0.2) is 23.8 Å². The van der Waals surface area contributed by atoms with E-state index in [1.54, 1.807) is 0 Å². The number of hydrogen-bond donors (Lipinski definition) is 3. The Balaban J connectivity index is 3.11. The number of carbonyl (C=O) groups is 2. The highest BCUT2D eigenvalue weighted by atomic mass is 16.4. The zero-order chi connectivity index (χ0) is 10.9. The molecule has 4 N–H and O–H groups in total. The molecule has 0 aliphatic heterocycles. The molecule has 2 atom stereocenters. The third-order valence-corrected chi connectivity index (χ3v) is 2.41. The first-order chi connectivity index (χ1) is 6.39. The molecule has 1 aliphatic rings. The van der Waals surface area contributed by atoms with Gasteiger partial charge in [-0.05, 0) is 6.92 Å². The zero-order valence-corrected chi connectivity index (χ0v) is 7.60. The van der Waals surface area contributed by atoms with E-state index in [0.717, 1.165) is 0 Å². The third kappa shape index (κ3) is 1.42. The van der Waals surface area contributed by atoms with Crippen molar-refractivity contribution in [2.24, 2.45) is 11.1 Å². The Morgan fingerprint density at radius 1 is 1.50 bits per heavy atom. The Morgan fingerprint density at radius 2 is 2.07 bits per heavy atom. The summed E-state index contributed by atoms with van der Waals surface area (Å²) in [4.78, 5) is 21.6. The van der Waals surface area contributed by atoms with Crippen molar-refractivity contribution in [3.63, 3.8) is 0 Å². The standard InChI is InChI=1S/C9H11NO4/c1-9(8(13)14)4-2-3-5(6(9)10)7(11)12/h2-4,6H,10H2,1H3,(H,11,12)(H,13,14)/t6-,9?/m1/s1. The summed E-state index contributed by atoms with van der Waals surface area (Å²) in [5.74, 6) is -2.32. The van der Waals surface area contributed by atoms with Gasteiger partial charge in [-0.15, -0.1) is 0 Å². The highest BCUT2D eigenvalue weighted by Crippen LogP contribution is 2.30. The number of hydrogen-bond acceptors (Lipinski definition) is 3. The molecule has 0 spiro atoms. The van der Waals surface area contributed by atoms with Gasteiger partial charge in [-0.2, -0.15) is 0 Å². The lowest BCUT2D eigenvalue weighted by Crippen LogP contribution is -2.48. The van der Waals surface area contributed by atoms with Crippen LogP contribution in [-0.2, 0) is 9.59 Å². The molecule has 1 rings (SSSR count). The van der Waals surface area contributed by atoms with E-state index in [4.69, 9.17) is 15.9 Å². The van der Waals surface area contributed by atoms with Gasteiger partial charge < -0.3 is 15.9 Å². The first-order valence-electron chi connectivity index (χ1n) is 4.01. The van der Waals surface area contributed by atoms with E-state index in [0.29, 0.717) is 0 Å². The van der Waals surface area contributed by atoms with Crippen LogP contribution in [0.2, 0.25) is 0 Å². The predicted molar refractivity (Wildman–Crippen MR) is 48.6 cm³/mol. The monoisotopic (exact) mass is 197 g/mol. The van der Waals surface area contributed by atoms with E-state index in [-0.39, 0.29) is 5.57 Å². The fourth-order valence-corrected chi connectivity index (χ4v) is 1.29. The molecule has 0 fully saturated rings. The van der Waals surface area contributed by atoms with Crippen molar-refractivity contribution in [2.75, 3.05) is 0 Å². The van der Waals surface area contributed by atoms with E-state index < -0.39 is 23.4 Å². The molecule has 0 aromatic rings. The predicted octanol–water partition coefficient (Wildman–Crippen LogP) is -0.0146. The second kappa shape index (κ2) is 3.26. The molecule has 1 unspecified atom stereocenters. The molecular formula is C9H11NO4. The molecule has 0 radical (unpaired) electrons. The molecule has 0 saturated carbocycles. The number of carboxylic acids is 2. The average Bonchev–Trinajstić information content (AvgIpc) is 2.09. The van der Waals surface area contributed by atoms with Crippen LogP contribution in [0, 0.1) is 5.41 Å². The lowest BCUT2D eigenvalue weighted by Gasteiger charge is -2.30. The van der Waals surface area contributed by atoms with E-state index in [1.807, 2.05) is 0 Å². The number of nitrogens with two attached hydrogens (primary N) is 1. The van der Waals surface area contributed by atoms with Crippen molar-refractivity contribution >= 4 is 11.9 Å². The lowest BCUT2D eigenvalue weighted by molar-refractivity contribution is -0.146. The van der Waals surface area contributed by atoms with Crippen LogP contribution in [0.5, 0.6) is 0 Å². The summed E-state index contributed by atoms with van der Waals surface area (Å²) in [5, 5.41) is 17.7. The van der Waals surface area contributed by atoms with Gasteiger partial charge in [0.15, 0.2) is 0 Å². The van der Waals surface area contributed by atoms with Crippen LogP contribution in [0.4, 0.5) is 0 Å². The van der Waals surface area contributed by atoms with Gasteiger partial charge >= 0.3 is 11.9 Å². The largest absolute Gasteiger partial charge is 0.481 e. The summed E-state index contributed by atoms with van der Waals surface area (Å²) in [5.41, 5.74) is 4.15. The molecule has 0 aromatic heterocycles. The lowest BCUT2D eigenvalue weighted by atomic mass is 9.76. The van der Waals surface area contributed by atoms with Crippen molar-refractivity contribution in [3.05, 3.63) is 23.8 Å². The maximum Gasteiger partial charge on any atom is 0.333 e. The van der Waals surface area contributed by atoms with Crippen LogP contribution < -0.4 is 5.73 Å². The first-order valence-corrected chi connectivity index (χ1v) is 4.01. The van der Waals surface area contributed by atoms with Crippen molar-refractivity contribution in [1.82, 2.24) is 0 Å². The minimum absolute atomic E-state index is 0.0857. The fraction of sp³-hybridized carbons (Fsp3) is 0.333. The van der Waals surface area contributed by atoms with Gasteiger partial charge in [0.2, 0.25) is 0 Å². The summed E-state index contributed by atoms with van der Waals surface area (Å²) in [7, 11) is 0. The number of rotatable bonds is 2. The summed E-state index contributed by atoms with van der Waals surface area (Å²) in [6, 6.07) is -1.03. The molecule has 5 nitrogen and oxygen atoms in total. The minimum atomic E-state index is -1.34. The quantitative estimate of drug-likeness (QED) is 0.577. The van der Waals surface area contributed by atoms with Crippen LogP contribution in [0.3, 0.4) is 0 Å². The van der Waals surface area contributed by atoms with Gasteiger partial charge in [0.05, 0.1) is 11.6 Å². The summed E-state index contributed by atoms with van der Waals surface area (Å²) < 4.78 is 0. The van der Waals surface area contributed by atoms with Gasteiger partial charge in [0.1, 0.15) is 5.41 Å². The number of carboxylic acid groups (broad SMARTS) is 2. The molecule has 1 aliphatic carbocycles. The minimum Gasteiger partial charge on any atom is -0.481 e. The highest BCUT2D eigenvalue weighted by molar-refractivity contribution is 5.92. The summed E-state index contributed by atoms with van der Waals surface area (Å²) in [6.45, 7) is 1.40. The Morgan fingerprint density at radius 3 is 2.50 bits per heavy atom. The summed E-state index contributed by atoms with van der Waals surface area (Å²) in [6.07, 6.45) is 4.12. The Kier molecular flexibility index (Phi) is 2.44. The van der Waals surface area contributed by atoms with E-state index in [9.17, 15) is 9.59 Å². The van der Waals surface area contributed by atoms with Gasteiger partial charge in [-0.25, -0.2) is 4.79 Å². The molecular weight excluding hydrogens is 186 g/mol. The van der Waals surface area contributed by atoms with Crippen LogP contribution in [-0.4, -0.2) is 28.2 Å². The smallest absolute Gasteiger partial charge is 0.333 e. The second-order valence-electron chi connectivity index (χ2n) is 3.35. The molecule has 5 heteroatoms. The summed E-state index contributed by atoms with van der Waals surface area (Å²) >= 11 is 0. The first kappa shape index (κ1) is 10.5. The topological polar surface area (TPSA) is 101 Å². The van der Waals surface area contributed by atoms with Crippen LogP contribution in [0.25, 0.3) is 0 Å². The van der Waals surface area contributed by atoms with Crippen LogP contribution >= 0.6 is 0 Å². The van der Waals surface area contributed by atoms with Gasteiger partial charge in [0, 0.05) is 0 Å². The molecule has 0 heterocycles. The Labute approximate surface area is 80.5 Å². The normalized spacial score (nSPS) is 31.0. The van der Waals surface area contributed by atoms with E-state index >= 15 is 0 Å². The van der Waals surface area contributed by atoms with Gasteiger partial charge in [-0.1, -0.05) is 18.2 Å². The van der Waals surface area contributed by atoms with E-state index in [1.165, 1.54) is 25.2 Å². The van der Waals surface area contributed by atoms with E-state index in [2.05, 4.69) is 0 Å². The molecule has 0 aromatic carbocycles. The van der Waals surface area contributed by atoms with Gasteiger partial charge in [0.25, 0.3) is 0 Å². The van der Waals surface area contributed by atoms with Gasteiger partial charge in [-0.3, -0.25) is 4.79 Å². The van der Waals surface area contributed by atoms with Crippen molar-refractivity contribution in [3.8, 4) is 0 Å². The highest BCUT2D eigenvalue weighted by Gasteiger charge is 2.42.